The molecule has 3 rings (SSSR count). The number of rotatable bonds is 7. The van der Waals surface area contributed by atoms with E-state index in [1.165, 1.54) is 9.87 Å². The van der Waals surface area contributed by atoms with Crippen LogP contribution in [0.5, 0.6) is 0 Å². The molecule has 2 aromatic rings. The molecule has 7 heteroatoms. The summed E-state index contributed by atoms with van der Waals surface area (Å²) >= 11 is 1.58. The minimum atomic E-state index is -3.52. The minimum Gasteiger partial charge on any atom is -0.349 e. The predicted molar refractivity (Wildman–Crippen MR) is 122 cm³/mol. The first kappa shape index (κ1) is 22.8. The topological polar surface area (TPSA) is 66.5 Å². The van der Waals surface area contributed by atoms with Crippen LogP contribution in [0.3, 0.4) is 0 Å². The number of piperidine rings is 1. The summed E-state index contributed by atoms with van der Waals surface area (Å²) in [5.41, 5.74) is 2.35. The summed E-state index contributed by atoms with van der Waals surface area (Å²) < 4.78 is 27.3. The van der Waals surface area contributed by atoms with E-state index in [0.717, 1.165) is 16.9 Å². The molecule has 0 bridgehead atoms. The highest BCUT2D eigenvalue weighted by molar-refractivity contribution is 7.98. The Kier molecular flexibility index (Phi) is 7.60. The second kappa shape index (κ2) is 9.98. The molecule has 0 aliphatic carbocycles. The van der Waals surface area contributed by atoms with Crippen molar-refractivity contribution in [3.8, 4) is 0 Å². The van der Waals surface area contributed by atoms with Crippen LogP contribution >= 0.6 is 11.8 Å². The van der Waals surface area contributed by atoms with Gasteiger partial charge in [0.05, 0.1) is 10.9 Å². The highest BCUT2D eigenvalue weighted by Crippen LogP contribution is 2.26. The quantitative estimate of drug-likeness (QED) is 0.646. The van der Waals surface area contributed by atoms with Gasteiger partial charge in [0.1, 0.15) is 0 Å². The molecule has 1 fully saturated rings. The molecule has 0 unspecified atom stereocenters. The summed E-state index contributed by atoms with van der Waals surface area (Å²) in [5.74, 6) is -0.156. The fraction of sp³-hybridized carbons (Fsp3) is 0.435. The van der Waals surface area contributed by atoms with Gasteiger partial charge in [0.15, 0.2) is 0 Å². The Bertz CT molecular complexity index is 949. The summed E-state index contributed by atoms with van der Waals surface area (Å²) in [5, 5.41) is 3.09. The zero-order valence-corrected chi connectivity index (χ0v) is 19.4. The van der Waals surface area contributed by atoms with E-state index in [9.17, 15) is 13.2 Å². The number of nitrogens with one attached hydrogen (secondary N) is 1. The van der Waals surface area contributed by atoms with E-state index in [2.05, 4.69) is 36.5 Å². The van der Waals surface area contributed by atoms with Gasteiger partial charge in [-0.2, -0.15) is 4.31 Å². The van der Waals surface area contributed by atoms with Crippen molar-refractivity contribution in [2.24, 2.45) is 5.92 Å². The zero-order valence-electron chi connectivity index (χ0n) is 17.8. The molecule has 0 radical (unpaired) electrons. The van der Waals surface area contributed by atoms with Gasteiger partial charge in [-0.3, -0.25) is 4.79 Å². The maximum Gasteiger partial charge on any atom is 0.243 e. The average Bonchev–Trinajstić information content (AvgIpc) is 2.79. The largest absolute Gasteiger partial charge is 0.349 e. The first-order valence-corrected chi connectivity index (χ1v) is 13.0. The molecule has 1 aliphatic rings. The Morgan fingerprint density at radius 2 is 1.70 bits per heavy atom. The molecule has 1 atom stereocenters. The highest BCUT2D eigenvalue weighted by atomic mass is 32.2. The van der Waals surface area contributed by atoms with Gasteiger partial charge < -0.3 is 5.32 Å². The van der Waals surface area contributed by atoms with E-state index in [1.54, 1.807) is 23.9 Å². The molecule has 30 heavy (non-hydrogen) atoms. The Morgan fingerprint density at radius 1 is 1.10 bits per heavy atom. The SMILES string of the molecule is CCc1ccc([C@@H](C)NC(=O)C2CCN(S(=O)(=O)c3ccc(SC)cc3)CC2)cc1. The second-order valence-electron chi connectivity index (χ2n) is 7.68. The third kappa shape index (κ3) is 5.25. The van der Waals surface area contributed by atoms with Crippen LogP contribution in [0.4, 0.5) is 0 Å². The van der Waals surface area contributed by atoms with Gasteiger partial charge in [0, 0.05) is 23.9 Å². The molecular formula is C23H30N2O3S2. The van der Waals surface area contributed by atoms with E-state index < -0.39 is 10.0 Å². The third-order valence-corrected chi connectivity index (χ3v) is 8.43. The number of amides is 1. The number of benzene rings is 2. The molecule has 1 N–H and O–H groups in total. The molecule has 1 saturated heterocycles. The number of nitrogens with zero attached hydrogens (tertiary/aromatic N) is 1. The van der Waals surface area contributed by atoms with Crippen LogP contribution in [0.15, 0.2) is 58.3 Å². The smallest absolute Gasteiger partial charge is 0.243 e. The monoisotopic (exact) mass is 446 g/mol. The lowest BCUT2D eigenvalue weighted by atomic mass is 9.96. The Hall–Kier alpha value is -1.83. The highest BCUT2D eigenvalue weighted by Gasteiger charge is 2.32. The van der Waals surface area contributed by atoms with E-state index in [0.29, 0.717) is 30.8 Å². The molecule has 1 heterocycles. The van der Waals surface area contributed by atoms with Crippen LogP contribution in [-0.2, 0) is 21.2 Å². The van der Waals surface area contributed by atoms with E-state index in [1.807, 2.05) is 25.3 Å². The van der Waals surface area contributed by atoms with Crippen molar-refractivity contribution < 1.29 is 13.2 Å². The standard InChI is InChI=1S/C23H30N2O3S2/c1-4-18-5-7-19(8-6-18)17(2)24-23(26)20-13-15-25(16-14-20)30(27,28)22-11-9-21(29-3)10-12-22/h5-12,17,20H,4,13-16H2,1-3H3,(H,24,26)/t17-/m1/s1. The van der Waals surface area contributed by atoms with Crippen LogP contribution < -0.4 is 5.32 Å². The molecule has 0 aromatic heterocycles. The fourth-order valence-corrected chi connectivity index (χ4v) is 5.59. The van der Waals surface area contributed by atoms with Gasteiger partial charge in [-0.1, -0.05) is 31.2 Å². The number of hydrogen-bond acceptors (Lipinski definition) is 4. The van der Waals surface area contributed by atoms with Crippen LogP contribution in [0.2, 0.25) is 0 Å². The van der Waals surface area contributed by atoms with Crippen molar-refractivity contribution in [1.29, 1.82) is 0 Å². The summed E-state index contributed by atoms with van der Waals surface area (Å²) in [6, 6.07) is 15.2. The molecule has 0 spiro atoms. The van der Waals surface area contributed by atoms with Crippen molar-refractivity contribution in [2.75, 3.05) is 19.3 Å². The van der Waals surface area contributed by atoms with E-state index in [4.69, 9.17) is 0 Å². The summed E-state index contributed by atoms with van der Waals surface area (Å²) in [7, 11) is -3.52. The average molecular weight is 447 g/mol. The normalized spacial score (nSPS) is 16.9. The first-order valence-electron chi connectivity index (χ1n) is 10.4. The van der Waals surface area contributed by atoms with Crippen molar-refractivity contribution in [2.45, 2.75) is 48.9 Å². The van der Waals surface area contributed by atoms with Crippen LogP contribution in [-0.4, -0.2) is 38.0 Å². The maximum atomic E-state index is 12.9. The molecular weight excluding hydrogens is 416 g/mol. The Balaban J connectivity index is 1.56. The number of aryl methyl sites for hydroxylation is 1. The minimum absolute atomic E-state index is 0.00318. The van der Waals surface area contributed by atoms with Crippen molar-refractivity contribution in [3.05, 3.63) is 59.7 Å². The molecule has 0 saturated carbocycles. The van der Waals surface area contributed by atoms with Gasteiger partial charge in [-0.25, -0.2) is 8.42 Å². The Morgan fingerprint density at radius 3 is 2.23 bits per heavy atom. The van der Waals surface area contributed by atoms with Crippen LogP contribution in [0.1, 0.15) is 43.9 Å². The summed E-state index contributed by atoms with van der Waals surface area (Å²) in [6.45, 7) is 4.83. The zero-order chi connectivity index (χ0) is 21.7. The number of carbonyl (C=O) groups excluding carboxylic acids is 1. The number of thioether (sulfide) groups is 1. The van der Waals surface area contributed by atoms with E-state index >= 15 is 0 Å². The number of hydrogen-bond donors (Lipinski definition) is 1. The van der Waals surface area contributed by atoms with Gasteiger partial charge in [0.25, 0.3) is 0 Å². The Labute approximate surface area is 184 Å². The lowest BCUT2D eigenvalue weighted by Gasteiger charge is -2.31. The van der Waals surface area contributed by atoms with Gasteiger partial charge in [-0.15, -0.1) is 11.8 Å². The lowest BCUT2D eigenvalue weighted by molar-refractivity contribution is -0.126. The molecule has 162 valence electrons. The summed E-state index contributed by atoms with van der Waals surface area (Å²) in [4.78, 5) is 14.1. The second-order valence-corrected chi connectivity index (χ2v) is 10.5. The molecule has 1 aliphatic heterocycles. The van der Waals surface area contributed by atoms with Crippen molar-refractivity contribution in [1.82, 2.24) is 9.62 Å². The van der Waals surface area contributed by atoms with Crippen molar-refractivity contribution >= 4 is 27.7 Å². The van der Waals surface area contributed by atoms with Crippen molar-refractivity contribution in [3.63, 3.8) is 0 Å². The first-order chi connectivity index (χ1) is 14.3. The molecule has 1 amide bonds. The van der Waals surface area contributed by atoms with E-state index in [-0.39, 0.29) is 17.9 Å². The molecule has 5 nitrogen and oxygen atoms in total. The fourth-order valence-electron chi connectivity index (χ4n) is 3.71. The molecule has 2 aromatic carbocycles. The van der Waals surface area contributed by atoms with Gasteiger partial charge >= 0.3 is 0 Å². The maximum absolute atomic E-state index is 12.9. The van der Waals surface area contributed by atoms with Crippen LogP contribution in [0.25, 0.3) is 0 Å². The van der Waals surface area contributed by atoms with Gasteiger partial charge in [0.2, 0.25) is 15.9 Å². The number of carbonyl (C=O) groups is 1. The predicted octanol–water partition coefficient (Wildman–Crippen LogP) is 4.25. The van der Waals surface area contributed by atoms with Gasteiger partial charge in [-0.05, 0) is 67.8 Å². The lowest BCUT2D eigenvalue weighted by Crippen LogP contribution is -2.43. The number of sulfonamides is 1. The summed E-state index contributed by atoms with van der Waals surface area (Å²) in [6.07, 6.45) is 4.02. The third-order valence-electron chi connectivity index (χ3n) is 5.77. The van der Waals surface area contributed by atoms with Crippen LogP contribution in [0, 0.1) is 5.92 Å².